The van der Waals surface area contributed by atoms with Crippen molar-refractivity contribution in [2.45, 2.75) is 0 Å². The smallest absolute Gasteiger partial charge is 0.0340 e. The quantitative estimate of drug-likeness (QED) is 0.686. The van der Waals surface area contributed by atoms with Gasteiger partial charge in [-0.25, -0.2) is 0 Å². The van der Waals surface area contributed by atoms with Crippen LogP contribution in [0.5, 0.6) is 0 Å². The zero-order chi connectivity index (χ0) is 15.0. The third kappa shape index (κ3) is 4.00. The molecule has 0 saturated carbocycles. The topological polar surface area (TPSA) is 25.8 Å². The lowest BCUT2D eigenvalue weighted by molar-refractivity contribution is 1.32. The largest absolute Gasteiger partial charge is 0.264 e. The maximum atomic E-state index is 4.10. The summed E-state index contributed by atoms with van der Waals surface area (Å²) >= 11 is 0. The molecule has 2 aromatic heterocycles. The predicted molar refractivity (Wildman–Crippen MR) is 92.8 cm³/mol. The summed E-state index contributed by atoms with van der Waals surface area (Å²) in [5, 5.41) is 0. The van der Waals surface area contributed by atoms with Gasteiger partial charge in [-0.05, 0) is 34.4 Å². The van der Waals surface area contributed by atoms with E-state index in [1.807, 2.05) is 36.7 Å². The van der Waals surface area contributed by atoms with Crippen molar-refractivity contribution in [1.82, 2.24) is 9.97 Å². The van der Waals surface area contributed by atoms with E-state index >= 15 is 0 Å². The minimum absolute atomic E-state index is 1.10. The first kappa shape index (κ1) is 14.0. The molecule has 0 fully saturated rings. The van der Waals surface area contributed by atoms with E-state index in [-0.39, 0.29) is 0 Å². The average molecular weight is 284 g/mol. The molecule has 0 spiro atoms. The Kier molecular flexibility index (Phi) is 4.53. The third-order valence-electron chi connectivity index (χ3n) is 3.24. The van der Waals surface area contributed by atoms with E-state index in [9.17, 15) is 0 Å². The number of hydrogen-bond donors (Lipinski definition) is 0. The molecule has 0 aliphatic carbocycles. The van der Waals surface area contributed by atoms with E-state index in [0.717, 1.165) is 11.1 Å². The summed E-state index contributed by atoms with van der Waals surface area (Å²) in [4.78, 5) is 8.20. The molecule has 0 unspecified atom stereocenters. The Morgan fingerprint density at radius 1 is 0.500 bits per heavy atom. The summed E-state index contributed by atoms with van der Waals surface area (Å²) in [6.45, 7) is 0. The van der Waals surface area contributed by atoms with Crippen molar-refractivity contribution in [1.29, 1.82) is 0 Å². The van der Waals surface area contributed by atoms with Crippen LogP contribution in [-0.4, -0.2) is 9.97 Å². The van der Waals surface area contributed by atoms with Crippen LogP contribution in [0.4, 0.5) is 0 Å². The lowest BCUT2D eigenvalue weighted by atomic mass is 10.1. The molecule has 0 atom stereocenters. The van der Waals surface area contributed by atoms with Crippen LogP contribution in [-0.2, 0) is 0 Å². The number of aromatic nitrogens is 2. The van der Waals surface area contributed by atoms with Crippen molar-refractivity contribution in [3.05, 3.63) is 95.6 Å². The molecule has 2 heterocycles. The second-order valence-electron chi connectivity index (χ2n) is 4.91. The summed E-state index contributed by atoms with van der Waals surface area (Å²) in [6.07, 6.45) is 15.6. The first-order chi connectivity index (χ1) is 10.9. The molecule has 0 aliphatic heterocycles. The molecule has 0 bridgehead atoms. The highest BCUT2D eigenvalue weighted by atomic mass is 14.6. The van der Waals surface area contributed by atoms with E-state index in [4.69, 9.17) is 0 Å². The van der Waals surface area contributed by atoms with Crippen molar-refractivity contribution in [2.75, 3.05) is 0 Å². The lowest BCUT2D eigenvalue weighted by Gasteiger charge is -1.97. The Hall–Kier alpha value is -3.00. The first-order valence-corrected chi connectivity index (χ1v) is 7.16. The first-order valence-electron chi connectivity index (χ1n) is 7.16. The van der Waals surface area contributed by atoms with Gasteiger partial charge in [0.1, 0.15) is 0 Å². The molecule has 1 aromatic carbocycles. The highest BCUT2D eigenvalue weighted by Crippen LogP contribution is 2.11. The zero-order valence-electron chi connectivity index (χ0n) is 12.1. The molecule has 106 valence electrons. The summed E-state index contributed by atoms with van der Waals surface area (Å²) in [5.41, 5.74) is 4.54. The van der Waals surface area contributed by atoms with Gasteiger partial charge < -0.3 is 0 Å². The minimum Gasteiger partial charge on any atom is -0.264 e. The fraction of sp³-hybridized carbons (Fsp3) is 0. The number of nitrogens with zero attached hydrogens (tertiary/aromatic N) is 2. The molecule has 3 rings (SSSR count). The van der Waals surface area contributed by atoms with Crippen LogP contribution >= 0.6 is 0 Å². The Morgan fingerprint density at radius 2 is 0.909 bits per heavy atom. The average Bonchev–Trinajstić information content (AvgIpc) is 2.61. The zero-order valence-corrected chi connectivity index (χ0v) is 12.1. The second-order valence-corrected chi connectivity index (χ2v) is 4.91. The number of pyridine rings is 2. The standard InChI is InChI=1S/C20H16N2/c1-3-19(15-21-13-1)11-9-17-5-7-18(8-6-17)10-12-20-4-2-14-22-16-20/h1-16H. The van der Waals surface area contributed by atoms with Crippen LogP contribution in [0.25, 0.3) is 24.3 Å². The van der Waals surface area contributed by atoms with Gasteiger partial charge in [-0.3, -0.25) is 9.97 Å². The van der Waals surface area contributed by atoms with E-state index in [1.165, 1.54) is 11.1 Å². The fourth-order valence-electron chi connectivity index (χ4n) is 2.05. The van der Waals surface area contributed by atoms with E-state index in [2.05, 4.69) is 58.5 Å². The van der Waals surface area contributed by atoms with Gasteiger partial charge in [0.2, 0.25) is 0 Å². The van der Waals surface area contributed by atoms with Crippen molar-refractivity contribution < 1.29 is 0 Å². The molecular formula is C20H16N2. The van der Waals surface area contributed by atoms with Crippen LogP contribution in [0.15, 0.2) is 73.3 Å². The Labute approximate surface area is 130 Å². The summed E-state index contributed by atoms with van der Waals surface area (Å²) in [7, 11) is 0. The van der Waals surface area contributed by atoms with Crippen molar-refractivity contribution in [3.8, 4) is 0 Å². The van der Waals surface area contributed by atoms with Crippen LogP contribution in [0.3, 0.4) is 0 Å². The number of hydrogen-bond acceptors (Lipinski definition) is 2. The molecule has 0 saturated heterocycles. The van der Waals surface area contributed by atoms with Crippen LogP contribution in [0, 0.1) is 0 Å². The molecule has 3 aromatic rings. The molecule has 0 aliphatic rings. The van der Waals surface area contributed by atoms with Crippen molar-refractivity contribution >= 4 is 24.3 Å². The number of rotatable bonds is 4. The predicted octanol–water partition coefficient (Wildman–Crippen LogP) is 4.82. The van der Waals surface area contributed by atoms with Crippen LogP contribution < -0.4 is 0 Å². The van der Waals surface area contributed by atoms with Gasteiger partial charge in [-0.2, -0.15) is 0 Å². The lowest BCUT2D eigenvalue weighted by Crippen LogP contribution is -1.77. The molecule has 0 N–H and O–H groups in total. The third-order valence-corrected chi connectivity index (χ3v) is 3.24. The van der Waals surface area contributed by atoms with Gasteiger partial charge in [-0.1, -0.05) is 60.7 Å². The van der Waals surface area contributed by atoms with Gasteiger partial charge >= 0.3 is 0 Å². The van der Waals surface area contributed by atoms with Crippen molar-refractivity contribution in [3.63, 3.8) is 0 Å². The van der Waals surface area contributed by atoms with E-state index in [1.54, 1.807) is 12.4 Å². The van der Waals surface area contributed by atoms with E-state index < -0.39 is 0 Å². The molecule has 22 heavy (non-hydrogen) atoms. The number of benzene rings is 1. The Bertz CT molecular complexity index is 689. The highest BCUT2D eigenvalue weighted by molar-refractivity contribution is 5.72. The van der Waals surface area contributed by atoms with Gasteiger partial charge in [0.15, 0.2) is 0 Å². The van der Waals surface area contributed by atoms with Crippen LogP contribution in [0.1, 0.15) is 22.3 Å². The van der Waals surface area contributed by atoms with E-state index in [0.29, 0.717) is 0 Å². The molecule has 2 heteroatoms. The summed E-state index contributed by atoms with van der Waals surface area (Å²) in [6, 6.07) is 16.4. The summed E-state index contributed by atoms with van der Waals surface area (Å²) in [5.74, 6) is 0. The van der Waals surface area contributed by atoms with Crippen molar-refractivity contribution in [2.24, 2.45) is 0 Å². The monoisotopic (exact) mass is 284 g/mol. The minimum atomic E-state index is 1.10. The molecule has 0 amide bonds. The highest BCUT2D eigenvalue weighted by Gasteiger charge is 1.90. The maximum absolute atomic E-state index is 4.10. The molecular weight excluding hydrogens is 268 g/mol. The maximum Gasteiger partial charge on any atom is 0.0340 e. The SMILES string of the molecule is C(=Cc1cccnc1)c1ccc(C=Cc2cccnc2)cc1. The normalized spacial score (nSPS) is 11.3. The van der Waals surface area contributed by atoms with Crippen LogP contribution in [0.2, 0.25) is 0 Å². The second kappa shape index (κ2) is 7.14. The molecule has 2 nitrogen and oxygen atoms in total. The summed E-state index contributed by atoms with van der Waals surface area (Å²) < 4.78 is 0. The fourth-order valence-corrected chi connectivity index (χ4v) is 2.05. The molecule has 0 radical (unpaired) electrons. The van der Waals surface area contributed by atoms with Gasteiger partial charge in [-0.15, -0.1) is 0 Å². The Morgan fingerprint density at radius 3 is 1.27 bits per heavy atom. The Balaban J connectivity index is 1.68. The van der Waals surface area contributed by atoms with Gasteiger partial charge in [0.05, 0.1) is 0 Å². The van der Waals surface area contributed by atoms with Gasteiger partial charge in [0, 0.05) is 24.8 Å². The van der Waals surface area contributed by atoms with Gasteiger partial charge in [0.25, 0.3) is 0 Å².